The van der Waals surface area contributed by atoms with E-state index in [1.807, 2.05) is 53.4 Å². The first-order valence-corrected chi connectivity index (χ1v) is 12.1. The fourth-order valence-electron chi connectivity index (χ4n) is 5.03. The Morgan fingerprint density at radius 1 is 0.941 bits per heavy atom. The number of aryl methyl sites for hydroxylation is 1. The Labute approximate surface area is 199 Å². The van der Waals surface area contributed by atoms with Crippen LogP contribution < -0.4 is 5.56 Å². The Balaban J connectivity index is 1.55. The first-order valence-electron chi connectivity index (χ1n) is 12.1. The number of nitrogens with zero attached hydrogens (tertiary/aromatic N) is 3. The highest BCUT2D eigenvalue weighted by Gasteiger charge is 2.30. The molecule has 1 heterocycles. The maximum atomic E-state index is 14.0. The van der Waals surface area contributed by atoms with E-state index in [2.05, 4.69) is 36.3 Å². The van der Waals surface area contributed by atoms with Crippen LogP contribution >= 0.6 is 0 Å². The largest absolute Gasteiger partial charge is 0.334 e. The highest BCUT2D eigenvalue weighted by molar-refractivity contribution is 6.04. The van der Waals surface area contributed by atoms with Crippen LogP contribution in [0.25, 0.3) is 10.8 Å². The van der Waals surface area contributed by atoms with Gasteiger partial charge in [-0.2, -0.15) is 5.10 Å². The molecular weight excluding hydrogens is 422 g/mol. The van der Waals surface area contributed by atoms with Gasteiger partial charge in [-0.1, -0.05) is 79.7 Å². The summed E-state index contributed by atoms with van der Waals surface area (Å²) in [5.41, 5.74) is 3.85. The number of benzene rings is 3. The summed E-state index contributed by atoms with van der Waals surface area (Å²) in [6, 6.07) is 25.7. The highest BCUT2D eigenvalue weighted by Crippen LogP contribution is 2.26. The third-order valence-corrected chi connectivity index (χ3v) is 6.73. The number of carbonyl (C=O) groups excluding carboxylic acids is 1. The maximum Gasteiger partial charge on any atom is 0.275 e. The topological polar surface area (TPSA) is 55.2 Å². The van der Waals surface area contributed by atoms with Gasteiger partial charge in [0.1, 0.15) is 0 Å². The molecule has 0 saturated carbocycles. The molecule has 34 heavy (non-hydrogen) atoms. The minimum absolute atomic E-state index is 0.0933. The number of hydrogen-bond acceptors (Lipinski definition) is 3. The molecule has 1 amide bonds. The summed E-state index contributed by atoms with van der Waals surface area (Å²) in [5, 5.41) is 5.80. The molecule has 1 aromatic heterocycles. The molecule has 5 nitrogen and oxygen atoms in total. The van der Waals surface area contributed by atoms with E-state index in [0.717, 1.165) is 31.2 Å². The second-order valence-electron chi connectivity index (χ2n) is 9.01. The van der Waals surface area contributed by atoms with Gasteiger partial charge in [0.15, 0.2) is 5.69 Å². The Hall–Kier alpha value is -3.73. The molecule has 5 rings (SSSR count). The average Bonchev–Trinajstić information content (AvgIpc) is 2.89. The standard InChI is InChI=1S/C29H29N3O2/c1-2-18-31(24-17-16-22-12-6-7-13-23(22)19-24)29(34)27-25-14-8-9-15-26(25)28(33)32(30-27)20-21-10-4-3-5-11-21/h3-15,24H,2,16-20H2,1H3. The van der Waals surface area contributed by atoms with Crippen molar-refractivity contribution in [3.8, 4) is 0 Å². The summed E-state index contributed by atoms with van der Waals surface area (Å²) in [6.45, 7) is 3.09. The van der Waals surface area contributed by atoms with Gasteiger partial charge in [0, 0.05) is 18.0 Å². The van der Waals surface area contributed by atoms with Crippen molar-refractivity contribution < 1.29 is 4.79 Å². The Bertz CT molecular complexity index is 1380. The second-order valence-corrected chi connectivity index (χ2v) is 9.01. The van der Waals surface area contributed by atoms with E-state index in [0.29, 0.717) is 29.6 Å². The van der Waals surface area contributed by atoms with Crippen LogP contribution in [-0.2, 0) is 19.4 Å². The molecule has 1 aliphatic carbocycles. The molecule has 172 valence electrons. The van der Waals surface area contributed by atoms with Crippen LogP contribution in [0.3, 0.4) is 0 Å². The Morgan fingerprint density at radius 3 is 2.38 bits per heavy atom. The molecule has 4 aromatic rings. The van der Waals surface area contributed by atoms with Gasteiger partial charge in [0.05, 0.1) is 11.9 Å². The van der Waals surface area contributed by atoms with E-state index < -0.39 is 0 Å². The van der Waals surface area contributed by atoms with Crippen LogP contribution in [0.4, 0.5) is 0 Å². The van der Waals surface area contributed by atoms with Crippen molar-refractivity contribution in [1.82, 2.24) is 14.7 Å². The first-order chi connectivity index (χ1) is 16.7. The summed E-state index contributed by atoms with van der Waals surface area (Å²) in [6.07, 6.45) is 3.62. The van der Waals surface area contributed by atoms with Gasteiger partial charge in [-0.3, -0.25) is 9.59 Å². The number of rotatable bonds is 6. The van der Waals surface area contributed by atoms with Crippen molar-refractivity contribution in [3.05, 3.63) is 112 Å². The number of carbonyl (C=O) groups is 1. The Kier molecular flexibility index (Phi) is 6.26. The van der Waals surface area contributed by atoms with Crippen molar-refractivity contribution in [3.63, 3.8) is 0 Å². The molecule has 1 unspecified atom stereocenters. The van der Waals surface area contributed by atoms with E-state index in [9.17, 15) is 9.59 Å². The van der Waals surface area contributed by atoms with Gasteiger partial charge in [0.25, 0.3) is 11.5 Å². The molecule has 0 aliphatic heterocycles. The smallest absolute Gasteiger partial charge is 0.275 e. The molecule has 0 spiro atoms. The number of hydrogen-bond donors (Lipinski definition) is 0. The zero-order valence-corrected chi connectivity index (χ0v) is 19.5. The quantitative estimate of drug-likeness (QED) is 0.421. The van der Waals surface area contributed by atoms with Crippen molar-refractivity contribution in [2.24, 2.45) is 0 Å². The van der Waals surface area contributed by atoms with Crippen molar-refractivity contribution in [2.45, 2.75) is 45.2 Å². The lowest BCUT2D eigenvalue weighted by Gasteiger charge is -2.35. The Morgan fingerprint density at radius 2 is 1.62 bits per heavy atom. The summed E-state index contributed by atoms with van der Waals surface area (Å²) in [7, 11) is 0. The average molecular weight is 452 g/mol. The maximum absolute atomic E-state index is 14.0. The lowest BCUT2D eigenvalue weighted by atomic mass is 9.87. The summed E-state index contributed by atoms with van der Waals surface area (Å²) < 4.78 is 1.44. The second kappa shape index (κ2) is 9.64. The van der Waals surface area contributed by atoms with Crippen LogP contribution in [-0.4, -0.2) is 33.2 Å². The third kappa shape index (κ3) is 4.26. The molecule has 1 atom stereocenters. The molecule has 5 heteroatoms. The van der Waals surface area contributed by atoms with Gasteiger partial charge >= 0.3 is 0 Å². The van der Waals surface area contributed by atoms with Gasteiger partial charge in [-0.05, 0) is 48.4 Å². The molecular formula is C29H29N3O2. The fraction of sp³-hybridized carbons (Fsp3) is 0.276. The highest BCUT2D eigenvalue weighted by atomic mass is 16.2. The molecule has 0 radical (unpaired) electrons. The lowest BCUT2D eigenvalue weighted by molar-refractivity contribution is 0.0655. The first kappa shape index (κ1) is 22.1. The summed E-state index contributed by atoms with van der Waals surface area (Å²) >= 11 is 0. The molecule has 0 bridgehead atoms. The minimum atomic E-state index is -0.176. The molecule has 1 aliphatic rings. The van der Waals surface area contributed by atoms with E-state index in [1.54, 1.807) is 6.07 Å². The number of fused-ring (bicyclic) bond motifs is 2. The predicted octanol–water partition coefficient (Wildman–Crippen LogP) is 4.85. The number of aromatic nitrogens is 2. The van der Waals surface area contributed by atoms with Crippen molar-refractivity contribution in [2.75, 3.05) is 6.54 Å². The predicted molar refractivity (Wildman–Crippen MR) is 135 cm³/mol. The van der Waals surface area contributed by atoms with Gasteiger partial charge in [-0.15, -0.1) is 0 Å². The summed E-state index contributed by atoms with van der Waals surface area (Å²) in [4.78, 5) is 29.2. The molecule has 3 aromatic carbocycles. The third-order valence-electron chi connectivity index (χ3n) is 6.73. The van der Waals surface area contributed by atoms with Crippen LogP contribution in [0, 0.1) is 0 Å². The molecule has 0 saturated heterocycles. The fourth-order valence-corrected chi connectivity index (χ4v) is 5.03. The molecule has 0 fully saturated rings. The van der Waals surface area contributed by atoms with Crippen molar-refractivity contribution >= 4 is 16.7 Å². The zero-order chi connectivity index (χ0) is 23.5. The summed E-state index contributed by atoms with van der Waals surface area (Å²) in [5.74, 6) is -0.0933. The zero-order valence-electron chi connectivity index (χ0n) is 19.5. The van der Waals surface area contributed by atoms with Crippen LogP contribution in [0.15, 0.2) is 83.7 Å². The monoisotopic (exact) mass is 451 g/mol. The van der Waals surface area contributed by atoms with Crippen LogP contribution in [0.1, 0.15) is 46.9 Å². The van der Waals surface area contributed by atoms with Crippen molar-refractivity contribution in [1.29, 1.82) is 0 Å². The normalized spacial score (nSPS) is 15.1. The van der Waals surface area contributed by atoms with Gasteiger partial charge in [-0.25, -0.2) is 4.68 Å². The van der Waals surface area contributed by atoms with Gasteiger partial charge < -0.3 is 4.90 Å². The van der Waals surface area contributed by atoms with E-state index >= 15 is 0 Å². The lowest BCUT2D eigenvalue weighted by Crippen LogP contribution is -2.45. The van der Waals surface area contributed by atoms with E-state index in [4.69, 9.17) is 0 Å². The number of amides is 1. The van der Waals surface area contributed by atoms with Crippen LogP contribution in [0.5, 0.6) is 0 Å². The van der Waals surface area contributed by atoms with E-state index in [-0.39, 0.29) is 17.5 Å². The minimum Gasteiger partial charge on any atom is -0.334 e. The van der Waals surface area contributed by atoms with Gasteiger partial charge in [0.2, 0.25) is 0 Å². The molecule has 0 N–H and O–H groups in total. The van der Waals surface area contributed by atoms with E-state index in [1.165, 1.54) is 15.8 Å². The van der Waals surface area contributed by atoms with Crippen LogP contribution in [0.2, 0.25) is 0 Å². The SMILES string of the molecule is CCCN(C(=O)c1nn(Cc2ccccc2)c(=O)c2ccccc12)C1CCc2ccccc2C1.